The molecule has 1 rings (SSSR count). The van der Waals surface area contributed by atoms with E-state index in [0.717, 1.165) is 12.8 Å². The smallest absolute Gasteiger partial charge is 0.160 e. The van der Waals surface area contributed by atoms with E-state index in [1.165, 1.54) is 44.9 Å². The van der Waals surface area contributed by atoms with Crippen molar-refractivity contribution in [3.63, 3.8) is 0 Å². The van der Waals surface area contributed by atoms with Crippen molar-refractivity contribution in [2.24, 2.45) is 0 Å². The predicted octanol–water partition coefficient (Wildman–Crippen LogP) is 2.73. The van der Waals surface area contributed by atoms with Crippen molar-refractivity contribution < 1.29 is 24.8 Å². The molecule has 1 fully saturated rings. The molecule has 24 heavy (non-hydrogen) atoms. The van der Waals surface area contributed by atoms with Crippen molar-refractivity contribution in [2.75, 3.05) is 13.2 Å². The summed E-state index contributed by atoms with van der Waals surface area (Å²) in [5, 5.41) is 29.2. The summed E-state index contributed by atoms with van der Waals surface area (Å²) in [6.45, 7) is 1.98. The Bertz CT molecular complexity index is 339. The molecule has 0 aromatic rings. The second kappa shape index (κ2) is 13.0. The van der Waals surface area contributed by atoms with Crippen molar-refractivity contribution in [1.82, 2.24) is 0 Å². The monoisotopic (exact) mass is 362 g/mol. The summed E-state index contributed by atoms with van der Waals surface area (Å²) in [6.07, 6.45) is 8.47. The highest BCUT2D eigenvalue weighted by atomic mass is 32.1. The first kappa shape index (κ1) is 21.8. The van der Waals surface area contributed by atoms with E-state index < -0.39 is 24.4 Å². The molecule has 0 aliphatic carbocycles. The Balaban J connectivity index is 2.08. The second-order valence-corrected chi connectivity index (χ2v) is 7.10. The van der Waals surface area contributed by atoms with Gasteiger partial charge in [0.25, 0.3) is 0 Å². The van der Waals surface area contributed by atoms with Crippen molar-refractivity contribution in [1.29, 1.82) is 0 Å². The Morgan fingerprint density at radius 2 is 1.67 bits per heavy atom. The summed E-state index contributed by atoms with van der Waals surface area (Å²) in [7, 11) is 0. The molecular formula is C18H34O5S. The van der Waals surface area contributed by atoms with Crippen LogP contribution in [0.15, 0.2) is 0 Å². The molecule has 1 aliphatic heterocycles. The van der Waals surface area contributed by atoms with E-state index in [4.69, 9.17) is 21.7 Å². The number of hydrogen-bond donors (Lipinski definition) is 3. The largest absolute Gasteiger partial charge is 0.479 e. The SMILES string of the molecule is CCCCCCCCCCCC(=S)OC(CO)C1OCC(O)C1O. The normalized spacial score (nSPS) is 24.9. The third-order valence-corrected chi connectivity index (χ3v) is 4.80. The molecule has 0 aromatic carbocycles. The van der Waals surface area contributed by atoms with Crippen LogP contribution in [-0.4, -0.2) is 58.0 Å². The lowest BCUT2D eigenvalue weighted by atomic mass is 10.1. The van der Waals surface area contributed by atoms with Gasteiger partial charge < -0.3 is 24.8 Å². The standard InChI is InChI=1S/C18H34O5S/c1-2-3-4-5-6-7-8-9-10-11-16(24)23-15(12-19)18-17(21)14(20)13-22-18/h14-15,17-21H,2-13H2,1H3. The minimum atomic E-state index is -1.04. The van der Waals surface area contributed by atoms with Crippen LogP contribution in [0.5, 0.6) is 0 Å². The highest BCUT2D eigenvalue weighted by Crippen LogP contribution is 2.20. The van der Waals surface area contributed by atoms with Gasteiger partial charge in [0, 0.05) is 6.42 Å². The molecule has 0 aromatic heterocycles. The maximum atomic E-state index is 9.81. The van der Waals surface area contributed by atoms with Gasteiger partial charge in [-0.3, -0.25) is 0 Å². The minimum Gasteiger partial charge on any atom is -0.479 e. The van der Waals surface area contributed by atoms with E-state index in [0.29, 0.717) is 11.5 Å². The maximum Gasteiger partial charge on any atom is 0.160 e. The molecule has 0 saturated carbocycles. The van der Waals surface area contributed by atoms with Crippen LogP contribution in [0.2, 0.25) is 0 Å². The number of ether oxygens (including phenoxy) is 2. The van der Waals surface area contributed by atoms with E-state index >= 15 is 0 Å². The number of aliphatic hydroxyl groups excluding tert-OH is 3. The Kier molecular flexibility index (Phi) is 11.8. The van der Waals surface area contributed by atoms with Gasteiger partial charge in [0.1, 0.15) is 18.3 Å². The van der Waals surface area contributed by atoms with Crippen molar-refractivity contribution in [3.05, 3.63) is 0 Å². The van der Waals surface area contributed by atoms with E-state index in [1.54, 1.807) is 0 Å². The maximum absolute atomic E-state index is 9.81. The molecule has 142 valence electrons. The summed E-state index contributed by atoms with van der Waals surface area (Å²) in [6, 6.07) is 0. The molecule has 1 saturated heterocycles. The van der Waals surface area contributed by atoms with E-state index in [9.17, 15) is 15.3 Å². The van der Waals surface area contributed by atoms with Gasteiger partial charge in [0.2, 0.25) is 0 Å². The molecule has 0 bridgehead atoms. The van der Waals surface area contributed by atoms with E-state index in [-0.39, 0.29) is 13.2 Å². The van der Waals surface area contributed by atoms with Gasteiger partial charge in [-0.05, 0) is 18.6 Å². The zero-order valence-electron chi connectivity index (χ0n) is 14.9. The van der Waals surface area contributed by atoms with Crippen molar-refractivity contribution >= 4 is 17.3 Å². The van der Waals surface area contributed by atoms with Gasteiger partial charge in [-0.15, -0.1) is 0 Å². The number of aliphatic hydroxyl groups is 3. The third-order valence-electron chi connectivity index (χ3n) is 4.50. The van der Waals surface area contributed by atoms with Crippen molar-refractivity contribution in [3.8, 4) is 0 Å². The molecule has 0 radical (unpaired) electrons. The van der Waals surface area contributed by atoms with Crippen LogP contribution < -0.4 is 0 Å². The van der Waals surface area contributed by atoms with E-state index in [2.05, 4.69) is 6.92 Å². The zero-order chi connectivity index (χ0) is 17.8. The molecule has 4 atom stereocenters. The van der Waals surface area contributed by atoms with Crippen LogP contribution in [0.4, 0.5) is 0 Å². The summed E-state index contributed by atoms with van der Waals surface area (Å²) in [4.78, 5) is 0. The average molecular weight is 363 g/mol. The molecule has 0 spiro atoms. The molecule has 3 N–H and O–H groups in total. The third kappa shape index (κ3) is 8.21. The number of thiocarbonyl (C=S) groups is 1. The van der Waals surface area contributed by atoms with Crippen LogP contribution in [0.1, 0.15) is 71.1 Å². The van der Waals surface area contributed by atoms with Crippen molar-refractivity contribution in [2.45, 2.75) is 95.5 Å². The second-order valence-electron chi connectivity index (χ2n) is 6.65. The highest BCUT2D eigenvalue weighted by molar-refractivity contribution is 7.80. The van der Waals surface area contributed by atoms with Crippen LogP contribution >= 0.6 is 12.2 Å². The summed E-state index contributed by atoms with van der Waals surface area (Å²) < 4.78 is 10.8. The summed E-state index contributed by atoms with van der Waals surface area (Å²) in [5.41, 5.74) is 0. The van der Waals surface area contributed by atoms with Gasteiger partial charge >= 0.3 is 0 Å². The zero-order valence-corrected chi connectivity index (χ0v) is 15.7. The average Bonchev–Trinajstić information content (AvgIpc) is 2.90. The Morgan fingerprint density at radius 1 is 1.08 bits per heavy atom. The number of hydrogen-bond acceptors (Lipinski definition) is 6. The first-order valence-corrected chi connectivity index (χ1v) is 9.79. The fourth-order valence-electron chi connectivity index (χ4n) is 2.97. The molecular weight excluding hydrogens is 328 g/mol. The quantitative estimate of drug-likeness (QED) is 0.345. The van der Waals surface area contributed by atoms with Gasteiger partial charge in [-0.2, -0.15) is 0 Å². The topological polar surface area (TPSA) is 79.2 Å². The Labute approximate surface area is 151 Å². The van der Waals surface area contributed by atoms with Crippen LogP contribution in [0, 0.1) is 0 Å². The Hall–Kier alpha value is -0.270. The summed E-state index contributed by atoms with van der Waals surface area (Å²) in [5.74, 6) is 0. The van der Waals surface area contributed by atoms with Crippen LogP contribution in [0.25, 0.3) is 0 Å². The highest BCUT2D eigenvalue weighted by Gasteiger charge is 2.41. The van der Waals surface area contributed by atoms with E-state index in [1.807, 2.05) is 0 Å². The number of unbranched alkanes of at least 4 members (excludes halogenated alkanes) is 8. The fourth-order valence-corrected chi connectivity index (χ4v) is 3.24. The lowest BCUT2D eigenvalue weighted by Gasteiger charge is -2.25. The number of rotatable bonds is 13. The first-order valence-electron chi connectivity index (χ1n) is 9.38. The molecule has 5 nitrogen and oxygen atoms in total. The summed E-state index contributed by atoms with van der Waals surface area (Å²) >= 11 is 5.22. The van der Waals surface area contributed by atoms with Crippen LogP contribution in [0.3, 0.4) is 0 Å². The molecule has 1 heterocycles. The predicted molar refractivity (Wildman–Crippen MR) is 98.2 cm³/mol. The lowest BCUT2D eigenvalue weighted by molar-refractivity contribution is -0.0621. The lowest BCUT2D eigenvalue weighted by Crippen LogP contribution is -2.42. The van der Waals surface area contributed by atoms with Gasteiger partial charge in [0.05, 0.1) is 13.2 Å². The Morgan fingerprint density at radius 3 is 2.17 bits per heavy atom. The minimum absolute atomic E-state index is 0.0523. The molecule has 4 unspecified atom stereocenters. The molecule has 1 aliphatic rings. The van der Waals surface area contributed by atoms with Gasteiger partial charge in [-0.1, -0.05) is 58.3 Å². The van der Waals surface area contributed by atoms with Gasteiger partial charge in [0.15, 0.2) is 11.2 Å². The molecule has 6 heteroatoms. The van der Waals surface area contributed by atoms with Gasteiger partial charge in [-0.25, -0.2) is 0 Å². The molecule has 0 amide bonds. The first-order chi connectivity index (χ1) is 11.6. The van der Waals surface area contributed by atoms with Crippen LogP contribution in [-0.2, 0) is 9.47 Å². The fraction of sp³-hybridized carbons (Fsp3) is 0.944.